The monoisotopic (exact) mass is 530 g/mol. The molecule has 204 valence electrons. The third-order valence-electron chi connectivity index (χ3n) is 6.32. The van der Waals surface area contributed by atoms with Gasteiger partial charge in [-0.3, -0.25) is 9.59 Å². The van der Waals surface area contributed by atoms with E-state index in [1.54, 1.807) is 6.07 Å². The number of nitrogens with one attached hydrogen (secondary N) is 1. The third kappa shape index (κ3) is 7.79. The van der Waals surface area contributed by atoms with Gasteiger partial charge in [0, 0.05) is 27.2 Å². The average Bonchev–Trinajstić information content (AvgIpc) is 2.83. The number of hydrogen-bond acceptors (Lipinski definition) is 4. The molecule has 9 heteroatoms. The summed E-state index contributed by atoms with van der Waals surface area (Å²) in [5, 5.41) is 2.95. The number of benzene rings is 2. The molecular weight excluding hydrogens is 488 g/mol. The molecule has 1 N–H and O–H groups in total. The van der Waals surface area contributed by atoms with E-state index in [1.807, 2.05) is 77.9 Å². The summed E-state index contributed by atoms with van der Waals surface area (Å²) in [6, 6.07) is 12.5. The topological polar surface area (TPSA) is 90.0 Å². The number of carbonyl (C=O) groups is 2. The summed E-state index contributed by atoms with van der Waals surface area (Å²) in [4.78, 5) is 28.7. The summed E-state index contributed by atoms with van der Waals surface area (Å²) in [6.07, 6.45) is 0.394. The molecular formula is C28H42N4O4S. The van der Waals surface area contributed by atoms with Gasteiger partial charge in [-0.25, -0.2) is 4.31 Å². The molecule has 0 heterocycles. The van der Waals surface area contributed by atoms with E-state index in [1.165, 1.54) is 19.0 Å². The second-order valence-electron chi connectivity index (χ2n) is 10.1. The van der Waals surface area contributed by atoms with Crippen LogP contribution in [0.25, 0.3) is 0 Å². The van der Waals surface area contributed by atoms with Crippen molar-refractivity contribution in [3.63, 3.8) is 0 Å². The van der Waals surface area contributed by atoms with E-state index in [9.17, 15) is 18.0 Å². The molecule has 0 aromatic heterocycles. The first-order valence-electron chi connectivity index (χ1n) is 12.7. The van der Waals surface area contributed by atoms with Gasteiger partial charge in [0.15, 0.2) is 0 Å². The fraction of sp³-hybridized carbons (Fsp3) is 0.500. The van der Waals surface area contributed by atoms with Gasteiger partial charge in [0.05, 0.1) is 5.69 Å². The highest BCUT2D eigenvalue weighted by Crippen LogP contribution is 2.26. The third-order valence-corrected chi connectivity index (χ3v) is 8.13. The van der Waals surface area contributed by atoms with Gasteiger partial charge in [-0.1, -0.05) is 57.2 Å². The minimum Gasteiger partial charge on any atom is -0.354 e. The molecule has 0 aliphatic rings. The molecule has 37 heavy (non-hydrogen) atoms. The van der Waals surface area contributed by atoms with Gasteiger partial charge in [0.2, 0.25) is 11.8 Å². The maximum atomic E-state index is 14.0. The highest BCUT2D eigenvalue weighted by molar-refractivity contribution is 7.90. The number of rotatable bonds is 12. The zero-order valence-corrected chi connectivity index (χ0v) is 24.2. The summed E-state index contributed by atoms with van der Waals surface area (Å²) in [7, 11) is -1.11. The predicted octanol–water partition coefficient (Wildman–Crippen LogP) is 3.80. The second-order valence-corrected chi connectivity index (χ2v) is 12.2. The van der Waals surface area contributed by atoms with Crippen LogP contribution in [0, 0.1) is 26.7 Å². The fourth-order valence-electron chi connectivity index (χ4n) is 4.00. The molecule has 2 aromatic rings. The number of carbonyl (C=O) groups excluding carboxylic acids is 2. The van der Waals surface area contributed by atoms with E-state index in [-0.39, 0.29) is 18.4 Å². The van der Waals surface area contributed by atoms with Crippen LogP contribution in [0.1, 0.15) is 49.4 Å². The van der Waals surface area contributed by atoms with Crippen LogP contribution in [0.3, 0.4) is 0 Å². The van der Waals surface area contributed by atoms with Crippen molar-refractivity contribution in [1.29, 1.82) is 0 Å². The van der Waals surface area contributed by atoms with Gasteiger partial charge in [-0.05, 0) is 61.4 Å². The van der Waals surface area contributed by atoms with Gasteiger partial charge in [0.1, 0.15) is 12.6 Å². The Labute approximate surface area is 222 Å². The molecule has 0 fully saturated rings. The summed E-state index contributed by atoms with van der Waals surface area (Å²) in [6.45, 7) is 11.8. The smallest absolute Gasteiger partial charge is 0.304 e. The zero-order valence-electron chi connectivity index (χ0n) is 23.4. The Bertz CT molecular complexity index is 1190. The summed E-state index contributed by atoms with van der Waals surface area (Å²) < 4.78 is 29.1. The van der Waals surface area contributed by atoms with Gasteiger partial charge >= 0.3 is 10.2 Å². The Morgan fingerprint density at radius 2 is 1.62 bits per heavy atom. The van der Waals surface area contributed by atoms with Crippen molar-refractivity contribution in [2.45, 2.75) is 60.5 Å². The van der Waals surface area contributed by atoms with Crippen molar-refractivity contribution >= 4 is 27.7 Å². The Morgan fingerprint density at radius 1 is 0.973 bits per heavy atom. The highest BCUT2D eigenvalue weighted by Gasteiger charge is 2.34. The van der Waals surface area contributed by atoms with Crippen molar-refractivity contribution in [2.75, 3.05) is 31.5 Å². The van der Waals surface area contributed by atoms with Gasteiger partial charge in [-0.2, -0.15) is 12.7 Å². The molecule has 8 nitrogen and oxygen atoms in total. The lowest BCUT2D eigenvalue weighted by Crippen LogP contribution is -2.53. The van der Waals surface area contributed by atoms with Crippen LogP contribution >= 0.6 is 0 Å². The molecule has 0 saturated heterocycles. The Morgan fingerprint density at radius 3 is 2.19 bits per heavy atom. The first kappa shape index (κ1) is 30.3. The van der Waals surface area contributed by atoms with Crippen molar-refractivity contribution < 1.29 is 18.0 Å². The summed E-state index contributed by atoms with van der Waals surface area (Å²) >= 11 is 0. The lowest BCUT2D eigenvalue weighted by atomic mass is 10.1. The van der Waals surface area contributed by atoms with Gasteiger partial charge in [0.25, 0.3) is 0 Å². The van der Waals surface area contributed by atoms with Gasteiger partial charge in [-0.15, -0.1) is 0 Å². The maximum Gasteiger partial charge on any atom is 0.304 e. The van der Waals surface area contributed by atoms with Gasteiger partial charge < -0.3 is 10.2 Å². The Kier molecular flexibility index (Phi) is 10.7. The fourth-order valence-corrected chi connectivity index (χ4v) is 5.12. The van der Waals surface area contributed by atoms with E-state index in [0.717, 1.165) is 30.9 Å². The molecule has 0 radical (unpaired) electrons. The number of anilines is 1. The SMILES string of the molecule is CC[C@H](C(=O)NCC(C)C)N(Cc1ccccc1C)C(=O)CN(c1cc(C)ccc1C)S(=O)(=O)N(C)C. The van der Waals surface area contributed by atoms with E-state index < -0.39 is 28.7 Å². The lowest BCUT2D eigenvalue weighted by molar-refractivity contribution is -0.140. The number of hydrogen-bond donors (Lipinski definition) is 1. The lowest BCUT2D eigenvalue weighted by Gasteiger charge is -2.34. The average molecular weight is 531 g/mol. The maximum absolute atomic E-state index is 14.0. The van der Waals surface area contributed by atoms with Crippen LogP contribution in [-0.4, -0.2) is 62.7 Å². The van der Waals surface area contributed by atoms with Crippen molar-refractivity contribution in [3.05, 3.63) is 64.7 Å². The van der Waals surface area contributed by atoms with Crippen LogP contribution in [0.4, 0.5) is 5.69 Å². The molecule has 0 saturated carbocycles. The van der Waals surface area contributed by atoms with Crippen molar-refractivity contribution in [3.8, 4) is 0 Å². The zero-order chi connectivity index (χ0) is 27.9. The molecule has 0 unspecified atom stereocenters. The molecule has 2 aromatic carbocycles. The summed E-state index contributed by atoms with van der Waals surface area (Å²) in [5.74, 6) is -0.431. The minimum atomic E-state index is -4.00. The number of nitrogens with zero attached hydrogens (tertiary/aromatic N) is 3. The van der Waals surface area contributed by atoms with E-state index >= 15 is 0 Å². The molecule has 0 aliphatic carbocycles. The van der Waals surface area contributed by atoms with Crippen LogP contribution in [0.2, 0.25) is 0 Å². The van der Waals surface area contributed by atoms with Crippen LogP contribution in [-0.2, 0) is 26.3 Å². The second kappa shape index (κ2) is 13.1. The first-order chi connectivity index (χ1) is 17.3. The largest absolute Gasteiger partial charge is 0.354 e. The van der Waals surface area contributed by atoms with Crippen molar-refractivity contribution in [2.24, 2.45) is 5.92 Å². The Balaban J connectivity index is 2.55. The highest BCUT2D eigenvalue weighted by atomic mass is 32.2. The van der Waals surface area contributed by atoms with E-state index in [2.05, 4.69) is 5.32 Å². The van der Waals surface area contributed by atoms with E-state index in [0.29, 0.717) is 18.7 Å². The van der Waals surface area contributed by atoms with Crippen LogP contribution < -0.4 is 9.62 Å². The predicted molar refractivity (Wildman–Crippen MR) is 150 cm³/mol. The molecule has 0 bridgehead atoms. The molecule has 2 amide bonds. The van der Waals surface area contributed by atoms with Crippen LogP contribution in [0.5, 0.6) is 0 Å². The molecule has 0 aliphatic heterocycles. The van der Waals surface area contributed by atoms with Crippen LogP contribution in [0.15, 0.2) is 42.5 Å². The number of aryl methyl sites for hydroxylation is 3. The first-order valence-corrected chi connectivity index (χ1v) is 14.1. The Hall–Kier alpha value is -2.91. The summed E-state index contributed by atoms with van der Waals surface area (Å²) in [5.41, 5.74) is 3.94. The number of amides is 2. The molecule has 0 spiro atoms. The molecule has 1 atom stereocenters. The normalized spacial score (nSPS) is 12.5. The standard InChI is InChI=1S/C28H42N4O4S/c1-9-25(28(34)29-17-20(2)3)31(18-24-13-11-10-12-22(24)5)27(33)19-32(37(35,36)30(7)8)26-16-21(4)14-15-23(26)6/h10-16,20,25H,9,17-19H2,1-8H3,(H,29,34)/t25-/m1/s1. The quantitative estimate of drug-likeness (QED) is 0.452. The molecule has 2 rings (SSSR count). The van der Waals surface area contributed by atoms with Crippen molar-refractivity contribution in [1.82, 2.24) is 14.5 Å². The minimum absolute atomic E-state index is 0.196. The van der Waals surface area contributed by atoms with E-state index in [4.69, 9.17) is 0 Å².